The van der Waals surface area contributed by atoms with Crippen LogP contribution in [0.25, 0.3) is 0 Å². The number of nitrogens with zero attached hydrogens (tertiary/aromatic N) is 4. The van der Waals surface area contributed by atoms with Crippen LogP contribution in [0.2, 0.25) is 5.28 Å². The highest BCUT2D eigenvalue weighted by Gasteiger charge is 2.04. The molecule has 0 aliphatic heterocycles. The fourth-order valence-electron chi connectivity index (χ4n) is 0.927. The minimum atomic E-state index is 0.243. The summed E-state index contributed by atoms with van der Waals surface area (Å²) in [4.78, 5) is 13.7. The quantitative estimate of drug-likeness (QED) is 0.715. The maximum Gasteiger partial charge on any atom is 0.229 e. The molecule has 0 aliphatic carbocycles. The van der Waals surface area contributed by atoms with Gasteiger partial charge in [0.05, 0.1) is 0 Å². The first-order valence-electron chi connectivity index (χ1n) is 3.87. The lowest BCUT2D eigenvalue weighted by Gasteiger charge is -2.17. The Kier molecular flexibility index (Phi) is 3.22. The summed E-state index contributed by atoms with van der Waals surface area (Å²) in [5.74, 6) is 0.639. The summed E-state index contributed by atoms with van der Waals surface area (Å²) in [6.07, 6.45) is 1.42. The topological polar surface area (TPSA) is 41.9 Å². The van der Waals surface area contributed by atoms with Crippen LogP contribution < -0.4 is 4.90 Å². The molecule has 0 aromatic carbocycles. The van der Waals surface area contributed by atoms with Crippen molar-refractivity contribution in [3.63, 3.8) is 0 Å². The highest BCUT2D eigenvalue weighted by atomic mass is 35.5. The van der Waals surface area contributed by atoms with E-state index in [2.05, 4.69) is 15.0 Å². The molecule has 0 bridgehead atoms. The molecule has 0 spiro atoms. The van der Waals surface area contributed by atoms with E-state index in [4.69, 9.17) is 11.6 Å². The van der Waals surface area contributed by atoms with E-state index in [1.807, 2.05) is 18.7 Å². The molecule has 0 aliphatic rings. The highest BCUT2D eigenvalue weighted by Crippen LogP contribution is 2.07. The van der Waals surface area contributed by atoms with Crippen molar-refractivity contribution >= 4 is 17.5 Å². The lowest BCUT2D eigenvalue weighted by molar-refractivity contribution is 0.811. The molecule has 1 heterocycles. The van der Waals surface area contributed by atoms with Crippen molar-refractivity contribution < 1.29 is 0 Å². The normalized spacial score (nSPS) is 9.92. The largest absolute Gasteiger partial charge is 0.341 e. The summed E-state index contributed by atoms with van der Waals surface area (Å²) in [7, 11) is 0. The van der Waals surface area contributed by atoms with Gasteiger partial charge >= 0.3 is 0 Å². The van der Waals surface area contributed by atoms with Crippen LogP contribution >= 0.6 is 11.6 Å². The van der Waals surface area contributed by atoms with Gasteiger partial charge in [-0.05, 0) is 25.4 Å². The van der Waals surface area contributed by atoms with Gasteiger partial charge in [0.1, 0.15) is 6.33 Å². The van der Waals surface area contributed by atoms with E-state index in [9.17, 15) is 0 Å². The molecule has 0 unspecified atom stereocenters. The van der Waals surface area contributed by atoms with Crippen LogP contribution in [0.3, 0.4) is 0 Å². The fraction of sp³-hybridized carbons (Fsp3) is 0.571. The Bertz CT molecular complexity index is 249. The zero-order valence-corrected chi connectivity index (χ0v) is 7.91. The Morgan fingerprint density at radius 2 is 2.00 bits per heavy atom. The van der Waals surface area contributed by atoms with Crippen molar-refractivity contribution in [3.05, 3.63) is 11.6 Å². The Morgan fingerprint density at radius 1 is 1.33 bits per heavy atom. The third-order valence-corrected chi connectivity index (χ3v) is 1.76. The zero-order valence-electron chi connectivity index (χ0n) is 7.16. The Labute approximate surface area is 76.6 Å². The number of hydrogen-bond donors (Lipinski definition) is 0. The Hall–Kier alpha value is -0.900. The number of rotatable bonds is 3. The summed E-state index contributed by atoms with van der Waals surface area (Å²) < 4.78 is 0. The SMILES string of the molecule is CCN(CC)c1ncnc(Cl)n1. The number of hydrogen-bond acceptors (Lipinski definition) is 4. The third-order valence-electron chi connectivity index (χ3n) is 1.58. The lowest BCUT2D eigenvalue weighted by Crippen LogP contribution is -2.24. The molecule has 0 amide bonds. The van der Waals surface area contributed by atoms with E-state index in [-0.39, 0.29) is 5.28 Å². The Balaban J connectivity index is 2.85. The molecule has 1 aromatic rings. The minimum absolute atomic E-state index is 0.243. The van der Waals surface area contributed by atoms with Crippen LogP contribution in [0.1, 0.15) is 13.8 Å². The molecule has 0 fully saturated rings. The van der Waals surface area contributed by atoms with E-state index in [0.717, 1.165) is 13.1 Å². The van der Waals surface area contributed by atoms with Gasteiger partial charge < -0.3 is 4.90 Å². The van der Waals surface area contributed by atoms with E-state index < -0.39 is 0 Å². The first-order valence-corrected chi connectivity index (χ1v) is 4.25. The van der Waals surface area contributed by atoms with Crippen molar-refractivity contribution in [3.8, 4) is 0 Å². The molecule has 5 heteroatoms. The molecule has 66 valence electrons. The van der Waals surface area contributed by atoms with E-state index in [1.54, 1.807) is 0 Å². The molecule has 0 radical (unpaired) electrons. The van der Waals surface area contributed by atoms with E-state index in [0.29, 0.717) is 5.95 Å². The van der Waals surface area contributed by atoms with Gasteiger partial charge in [-0.3, -0.25) is 0 Å². The van der Waals surface area contributed by atoms with Crippen LogP contribution in [0.4, 0.5) is 5.95 Å². The van der Waals surface area contributed by atoms with Crippen molar-refractivity contribution in [1.29, 1.82) is 0 Å². The van der Waals surface area contributed by atoms with Gasteiger partial charge in [-0.25, -0.2) is 9.97 Å². The molecule has 12 heavy (non-hydrogen) atoms. The molecule has 1 aromatic heterocycles. The van der Waals surface area contributed by atoms with Crippen LogP contribution in [0.5, 0.6) is 0 Å². The average Bonchev–Trinajstić information content (AvgIpc) is 2.07. The molecule has 0 N–H and O–H groups in total. The maximum absolute atomic E-state index is 5.61. The lowest BCUT2D eigenvalue weighted by atomic mass is 10.5. The number of anilines is 1. The smallest absolute Gasteiger partial charge is 0.229 e. The summed E-state index contributed by atoms with van der Waals surface area (Å²) in [5, 5.41) is 0.243. The molecular weight excluding hydrogens is 176 g/mol. The number of aromatic nitrogens is 3. The van der Waals surface area contributed by atoms with Crippen molar-refractivity contribution in [1.82, 2.24) is 15.0 Å². The van der Waals surface area contributed by atoms with Crippen molar-refractivity contribution in [2.75, 3.05) is 18.0 Å². The van der Waals surface area contributed by atoms with Crippen LogP contribution in [-0.4, -0.2) is 28.0 Å². The first kappa shape index (κ1) is 9.19. The van der Waals surface area contributed by atoms with Crippen LogP contribution in [-0.2, 0) is 0 Å². The second-order valence-electron chi connectivity index (χ2n) is 2.23. The number of halogens is 1. The fourth-order valence-corrected chi connectivity index (χ4v) is 1.05. The molecular formula is C7H11ClN4. The zero-order chi connectivity index (χ0) is 8.97. The van der Waals surface area contributed by atoms with Gasteiger partial charge in [-0.15, -0.1) is 0 Å². The van der Waals surface area contributed by atoms with Crippen molar-refractivity contribution in [2.45, 2.75) is 13.8 Å². The van der Waals surface area contributed by atoms with Gasteiger partial charge in [0, 0.05) is 13.1 Å². The van der Waals surface area contributed by atoms with Gasteiger partial charge in [0.15, 0.2) is 0 Å². The maximum atomic E-state index is 5.61. The van der Waals surface area contributed by atoms with E-state index in [1.165, 1.54) is 6.33 Å². The van der Waals surface area contributed by atoms with E-state index >= 15 is 0 Å². The van der Waals surface area contributed by atoms with Gasteiger partial charge in [0.2, 0.25) is 11.2 Å². The molecule has 0 atom stereocenters. The summed E-state index contributed by atoms with van der Waals surface area (Å²) in [6, 6.07) is 0. The van der Waals surface area contributed by atoms with Crippen LogP contribution in [0.15, 0.2) is 6.33 Å². The summed E-state index contributed by atoms with van der Waals surface area (Å²) >= 11 is 5.61. The molecule has 0 saturated carbocycles. The summed E-state index contributed by atoms with van der Waals surface area (Å²) in [6.45, 7) is 5.83. The first-order chi connectivity index (χ1) is 5.77. The minimum Gasteiger partial charge on any atom is -0.341 e. The third kappa shape index (κ3) is 2.04. The molecule has 4 nitrogen and oxygen atoms in total. The monoisotopic (exact) mass is 186 g/mol. The van der Waals surface area contributed by atoms with Gasteiger partial charge in [-0.2, -0.15) is 4.98 Å². The standard InChI is InChI=1S/C7H11ClN4/c1-3-12(4-2)7-10-5-9-6(8)11-7/h5H,3-4H2,1-2H3. The predicted molar refractivity (Wildman–Crippen MR) is 48.4 cm³/mol. The second kappa shape index (κ2) is 4.21. The van der Waals surface area contributed by atoms with Gasteiger partial charge in [0.25, 0.3) is 0 Å². The van der Waals surface area contributed by atoms with Crippen molar-refractivity contribution in [2.24, 2.45) is 0 Å². The highest BCUT2D eigenvalue weighted by molar-refractivity contribution is 6.28. The van der Waals surface area contributed by atoms with Crippen LogP contribution in [0, 0.1) is 0 Å². The Morgan fingerprint density at radius 3 is 2.50 bits per heavy atom. The second-order valence-corrected chi connectivity index (χ2v) is 2.56. The molecule has 0 saturated heterocycles. The van der Waals surface area contributed by atoms with Gasteiger partial charge in [-0.1, -0.05) is 0 Å². The predicted octanol–water partition coefficient (Wildman–Crippen LogP) is 1.37. The molecule has 1 rings (SSSR count). The summed E-state index contributed by atoms with van der Waals surface area (Å²) in [5.41, 5.74) is 0. The average molecular weight is 187 g/mol.